The Hall–Kier alpha value is -4.02. The number of rotatable bonds is 8. The van der Waals surface area contributed by atoms with Crippen molar-refractivity contribution >= 4 is 32.9 Å². The van der Waals surface area contributed by atoms with E-state index < -0.39 is 16.0 Å². The topological polar surface area (TPSA) is 130 Å². The highest BCUT2D eigenvalue weighted by atomic mass is 32.2. The van der Waals surface area contributed by atoms with Crippen molar-refractivity contribution in [3.05, 3.63) is 83.9 Å². The van der Waals surface area contributed by atoms with Crippen molar-refractivity contribution in [3.63, 3.8) is 0 Å². The van der Waals surface area contributed by atoms with Crippen molar-refractivity contribution in [1.82, 2.24) is 20.0 Å². The number of fused-ring (bicyclic) bond motifs is 1. The zero-order chi connectivity index (χ0) is 28.3. The molecule has 3 N–H and O–H groups in total. The number of aromatic nitrogens is 2. The molecule has 0 saturated heterocycles. The van der Waals surface area contributed by atoms with E-state index in [1.54, 1.807) is 42.5 Å². The number of benzene rings is 3. The smallest absolute Gasteiger partial charge is 0.337 e. The fourth-order valence-corrected chi connectivity index (χ4v) is 6.42. The van der Waals surface area contributed by atoms with Crippen LogP contribution in [0.3, 0.4) is 0 Å². The summed E-state index contributed by atoms with van der Waals surface area (Å²) >= 11 is 0. The first-order chi connectivity index (χ1) is 19.2. The summed E-state index contributed by atoms with van der Waals surface area (Å²) in [5.74, 6) is 0.0199. The van der Waals surface area contributed by atoms with Gasteiger partial charge in [0.1, 0.15) is 5.82 Å². The summed E-state index contributed by atoms with van der Waals surface area (Å²) in [5.41, 5.74) is 3.45. The number of ether oxygens (including phenoxy) is 1. The van der Waals surface area contributed by atoms with E-state index in [1.807, 2.05) is 37.3 Å². The molecule has 0 spiro atoms. The molecule has 0 aliphatic heterocycles. The van der Waals surface area contributed by atoms with E-state index in [0.29, 0.717) is 48.1 Å². The molecule has 3 aromatic carbocycles. The third-order valence-corrected chi connectivity index (χ3v) is 8.94. The van der Waals surface area contributed by atoms with Crippen LogP contribution in [-0.4, -0.2) is 43.4 Å². The fraction of sp³-hybridized carbons (Fsp3) is 0.300. The van der Waals surface area contributed by atoms with Crippen LogP contribution in [0.25, 0.3) is 22.4 Å². The minimum Gasteiger partial charge on any atom is -0.465 e. The molecule has 0 bridgehead atoms. The Labute approximate surface area is 233 Å². The number of sulfonamides is 1. The maximum absolute atomic E-state index is 13.2. The number of carbonyl (C=O) groups excluding carboxylic acids is 2. The molecule has 0 radical (unpaired) electrons. The van der Waals surface area contributed by atoms with E-state index in [0.717, 1.165) is 11.1 Å². The van der Waals surface area contributed by atoms with Gasteiger partial charge in [-0.15, -0.1) is 0 Å². The summed E-state index contributed by atoms with van der Waals surface area (Å²) in [6.45, 7) is 1.97. The van der Waals surface area contributed by atoms with Gasteiger partial charge in [0.2, 0.25) is 15.9 Å². The van der Waals surface area contributed by atoms with E-state index in [1.165, 1.54) is 7.11 Å². The first-order valence-electron chi connectivity index (χ1n) is 13.3. The molecular weight excluding hydrogens is 528 g/mol. The van der Waals surface area contributed by atoms with Crippen LogP contribution >= 0.6 is 0 Å². The number of hydrogen-bond donors (Lipinski definition) is 3. The van der Waals surface area contributed by atoms with E-state index in [2.05, 4.69) is 20.0 Å². The Bertz CT molecular complexity index is 1610. The van der Waals surface area contributed by atoms with Crippen molar-refractivity contribution in [3.8, 4) is 11.4 Å². The van der Waals surface area contributed by atoms with Gasteiger partial charge >= 0.3 is 5.97 Å². The molecule has 4 aromatic rings. The van der Waals surface area contributed by atoms with Gasteiger partial charge in [-0.05, 0) is 68.5 Å². The molecule has 1 aliphatic rings. The van der Waals surface area contributed by atoms with E-state index >= 15 is 0 Å². The molecule has 1 unspecified atom stereocenters. The Balaban J connectivity index is 1.20. The third kappa shape index (κ3) is 6.08. The number of H-pyrrole nitrogens is 1. The molecule has 1 amide bonds. The van der Waals surface area contributed by atoms with Crippen LogP contribution in [-0.2, 0) is 19.6 Å². The SMILES string of the molecule is COC(=O)c1ccc(-c2nc3ccc(S(=O)(=O)NC4CCC(C(=O)NC(C)c5ccccc5)CC4)cc3[nH]2)cc1. The number of carbonyl (C=O) groups is 2. The van der Waals surface area contributed by atoms with Crippen molar-refractivity contribution in [2.24, 2.45) is 5.92 Å². The van der Waals surface area contributed by atoms with Crippen molar-refractivity contribution in [2.75, 3.05) is 7.11 Å². The lowest BCUT2D eigenvalue weighted by Crippen LogP contribution is -2.41. The van der Waals surface area contributed by atoms with Crippen LogP contribution in [0.1, 0.15) is 54.6 Å². The lowest BCUT2D eigenvalue weighted by Gasteiger charge is -2.29. The number of amides is 1. The second-order valence-electron chi connectivity index (χ2n) is 10.1. The van der Waals surface area contributed by atoms with Crippen molar-refractivity contribution in [2.45, 2.75) is 49.6 Å². The number of nitrogens with one attached hydrogen (secondary N) is 3. The van der Waals surface area contributed by atoms with Gasteiger partial charge in [0.25, 0.3) is 0 Å². The molecule has 208 valence electrons. The molecule has 1 heterocycles. The normalized spacial score (nSPS) is 18.2. The zero-order valence-electron chi connectivity index (χ0n) is 22.4. The van der Waals surface area contributed by atoms with Crippen LogP contribution in [0.5, 0.6) is 0 Å². The minimum atomic E-state index is -3.77. The summed E-state index contributed by atoms with van der Waals surface area (Å²) in [6.07, 6.45) is 2.43. The lowest BCUT2D eigenvalue weighted by molar-refractivity contribution is -0.126. The van der Waals surface area contributed by atoms with Gasteiger partial charge in [-0.25, -0.2) is 22.9 Å². The maximum Gasteiger partial charge on any atom is 0.337 e. The average molecular weight is 561 g/mol. The summed E-state index contributed by atoms with van der Waals surface area (Å²) in [7, 11) is -2.44. The number of nitrogens with zero attached hydrogens (tertiary/aromatic N) is 1. The summed E-state index contributed by atoms with van der Waals surface area (Å²) in [4.78, 5) is 32.4. The summed E-state index contributed by atoms with van der Waals surface area (Å²) in [6, 6.07) is 21.1. The van der Waals surface area contributed by atoms with Gasteiger partial charge in [0, 0.05) is 17.5 Å². The van der Waals surface area contributed by atoms with Crippen LogP contribution in [0.4, 0.5) is 0 Å². The van der Waals surface area contributed by atoms with Gasteiger partial charge < -0.3 is 15.0 Å². The second kappa shape index (κ2) is 11.6. The standard InChI is InChI=1S/C30H32N4O5S/c1-19(20-6-4-3-5-7-20)31-29(35)22-12-14-24(15-13-22)34-40(37,38)25-16-17-26-27(18-25)33-28(32-26)21-8-10-23(11-9-21)30(36)39-2/h3-11,16-19,22,24,34H,12-15H2,1-2H3,(H,31,35)(H,32,33). The monoisotopic (exact) mass is 560 g/mol. The van der Waals surface area contributed by atoms with Crippen LogP contribution in [0.15, 0.2) is 77.7 Å². The predicted molar refractivity (Wildman–Crippen MR) is 152 cm³/mol. The van der Waals surface area contributed by atoms with E-state index in [4.69, 9.17) is 4.74 Å². The van der Waals surface area contributed by atoms with Gasteiger partial charge in [-0.2, -0.15) is 0 Å². The average Bonchev–Trinajstić information content (AvgIpc) is 3.41. The molecule has 40 heavy (non-hydrogen) atoms. The Kier molecular flexibility index (Phi) is 7.99. The third-order valence-electron chi connectivity index (χ3n) is 7.42. The van der Waals surface area contributed by atoms with Gasteiger partial charge in [-0.3, -0.25) is 4.79 Å². The van der Waals surface area contributed by atoms with Gasteiger partial charge in [0.05, 0.1) is 34.6 Å². The number of aromatic amines is 1. The molecule has 9 nitrogen and oxygen atoms in total. The molecule has 1 saturated carbocycles. The molecule has 1 fully saturated rings. The lowest BCUT2D eigenvalue weighted by atomic mass is 9.85. The number of imidazole rings is 1. The highest BCUT2D eigenvalue weighted by Gasteiger charge is 2.30. The quantitative estimate of drug-likeness (QED) is 0.267. The Morgan fingerprint density at radius 1 is 0.975 bits per heavy atom. The largest absolute Gasteiger partial charge is 0.465 e. The number of esters is 1. The molecule has 1 aliphatic carbocycles. The number of hydrogen-bond acceptors (Lipinski definition) is 6. The fourth-order valence-electron chi connectivity index (χ4n) is 5.09. The predicted octanol–water partition coefficient (Wildman–Crippen LogP) is 4.73. The summed E-state index contributed by atoms with van der Waals surface area (Å²) < 4.78 is 34.0. The molecule has 10 heteroatoms. The Morgan fingerprint density at radius 2 is 1.68 bits per heavy atom. The molecule has 1 atom stereocenters. The number of methoxy groups -OCH3 is 1. The minimum absolute atomic E-state index is 0.0121. The molecule has 5 rings (SSSR count). The highest BCUT2D eigenvalue weighted by Crippen LogP contribution is 2.28. The highest BCUT2D eigenvalue weighted by molar-refractivity contribution is 7.89. The van der Waals surface area contributed by atoms with E-state index in [-0.39, 0.29) is 28.8 Å². The van der Waals surface area contributed by atoms with Crippen molar-refractivity contribution in [1.29, 1.82) is 0 Å². The maximum atomic E-state index is 13.2. The molecule has 1 aromatic heterocycles. The van der Waals surface area contributed by atoms with Crippen LogP contribution < -0.4 is 10.0 Å². The van der Waals surface area contributed by atoms with Gasteiger partial charge in [0.15, 0.2) is 0 Å². The van der Waals surface area contributed by atoms with Crippen molar-refractivity contribution < 1.29 is 22.7 Å². The van der Waals surface area contributed by atoms with E-state index in [9.17, 15) is 18.0 Å². The summed E-state index contributed by atoms with van der Waals surface area (Å²) in [5, 5.41) is 3.09. The van der Waals surface area contributed by atoms with Gasteiger partial charge in [-0.1, -0.05) is 42.5 Å². The van der Waals surface area contributed by atoms with Crippen LogP contribution in [0.2, 0.25) is 0 Å². The Morgan fingerprint density at radius 3 is 2.35 bits per heavy atom. The molecular formula is C30H32N4O5S. The first kappa shape index (κ1) is 27.5. The zero-order valence-corrected chi connectivity index (χ0v) is 23.2. The van der Waals surface area contributed by atoms with Crippen LogP contribution in [0, 0.1) is 5.92 Å². The second-order valence-corrected chi connectivity index (χ2v) is 11.9. The first-order valence-corrected chi connectivity index (χ1v) is 14.8.